The van der Waals surface area contributed by atoms with Gasteiger partial charge in [0.25, 0.3) is 0 Å². The first kappa shape index (κ1) is 17.5. The molecule has 130 valence electrons. The molecule has 0 heterocycles. The van der Waals surface area contributed by atoms with Crippen molar-refractivity contribution in [2.24, 2.45) is 5.92 Å². The van der Waals surface area contributed by atoms with E-state index in [1.807, 2.05) is 0 Å². The third-order valence-electron chi connectivity index (χ3n) is 5.13. The fourth-order valence-electron chi connectivity index (χ4n) is 3.25. The van der Waals surface area contributed by atoms with Crippen LogP contribution in [0.1, 0.15) is 39.7 Å². The average Bonchev–Trinajstić information content (AvgIpc) is 2.80. The lowest BCUT2D eigenvalue weighted by Crippen LogP contribution is -2.23. The number of hydrogen-bond acceptors (Lipinski definition) is 1. The van der Waals surface area contributed by atoms with E-state index in [9.17, 15) is 0 Å². The van der Waals surface area contributed by atoms with Gasteiger partial charge in [-0.2, -0.15) is 0 Å². The van der Waals surface area contributed by atoms with Gasteiger partial charge < -0.3 is 4.74 Å². The summed E-state index contributed by atoms with van der Waals surface area (Å²) in [6.45, 7) is 8.87. The van der Waals surface area contributed by atoms with Gasteiger partial charge in [-0.25, -0.2) is 0 Å². The van der Waals surface area contributed by atoms with E-state index in [-0.39, 0.29) is 5.41 Å². The first-order valence-corrected chi connectivity index (χ1v) is 9.11. The Morgan fingerprint density at radius 3 is 2.52 bits per heavy atom. The molecule has 0 aliphatic heterocycles. The van der Waals surface area contributed by atoms with Gasteiger partial charge in [0, 0.05) is 5.41 Å². The second-order valence-electron chi connectivity index (χ2n) is 7.77. The zero-order valence-corrected chi connectivity index (χ0v) is 15.7. The van der Waals surface area contributed by atoms with Gasteiger partial charge in [-0.05, 0) is 54.7 Å². The molecule has 3 rings (SSSR count). The SMILES string of the molecule is CC1C=CC(OC2(C)C=CC=C(C(C)(C)c3ccccc3)C=C2)=CC1. The summed E-state index contributed by atoms with van der Waals surface area (Å²) in [7, 11) is 0. The lowest BCUT2D eigenvalue weighted by Gasteiger charge is -2.28. The molecule has 2 atom stereocenters. The summed E-state index contributed by atoms with van der Waals surface area (Å²) < 4.78 is 6.28. The summed E-state index contributed by atoms with van der Waals surface area (Å²) >= 11 is 0. The van der Waals surface area contributed by atoms with E-state index in [1.54, 1.807) is 0 Å². The van der Waals surface area contributed by atoms with Gasteiger partial charge in [0.15, 0.2) is 0 Å². The van der Waals surface area contributed by atoms with Crippen molar-refractivity contribution >= 4 is 0 Å². The number of ether oxygens (including phenoxy) is 1. The van der Waals surface area contributed by atoms with Crippen LogP contribution < -0.4 is 0 Å². The topological polar surface area (TPSA) is 9.23 Å². The van der Waals surface area contributed by atoms with Gasteiger partial charge in [0.1, 0.15) is 11.4 Å². The van der Waals surface area contributed by atoms with Gasteiger partial charge in [-0.1, -0.05) is 75.4 Å². The highest BCUT2D eigenvalue weighted by molar-refractivity contribution is 5.44. The molecule has 0 spiro atoms. The van der Waals surface area contributed by atoms with Crippen molar-refractivity contribution in [1.29, 1.82) is 0 Å². The summed E-state index contributed by atoms with van der Waals surface area (Å²) in [4.78, 5) is 0. The summed E-state index contributed by atoms with van der Waals surface area (Å²) in [6.07, 6.45) is 18.4. The molecule has 0 radical (unpaired) electrons. The van der Waals surface area contributed by atoms with Crippen LogP contribution in [0.5, 0.6) is 0 Å². The van der Waals surface area contributed by atoms with Crippen LogP contribution >= 0.6 is 0 Å². The number of rotatable bonds is 4. The Balaban J connectivity index is 1.80. The van der Waals surface area contributed by atoms with Gasteiger partial charge in [0.2, 0.25) is 0 Å². The molecule has 1 aromatic carbocycles. The maximum atomic E-state index is 6.28. The lowest BCUT2D eigenvalue weighted by atomic mass is 9.77. The fourth-order valence-corrected chi connectivity index (χ4v) is 3.25. The normalized spacial score (nSPS) is 26.0. The molecule has 0 N–H and O–H groups in total. The standard InChI is InChI=1S/C24H28O/c1-19-12-14-22(15-13-19)25-24(4)17-8-11-21(16-18-24)23(2,3)20-9-6-5-7-10-20/h5-12,14-19H,13H2,1-4H3. The van der Waals surface area contributed by atoms with E-state index in [1.165, 1.54) is 11.1 Å². The van der Waals surface area contributed by atoms with Crippen LogP contribution in [0, 0.1) is 5.92 Å². The first-order valence-electron chi connectivity index (χ1n) is 9.11. The van der Waals surface area contributed by atoms with E-state index >= 15 is 0 Å². The zero-order valence-electron chi connectivity index (χ0n) is 15.7. The van der Waals surface area contributed by atoms with Crippen molar-refractivity contribution in [3.63, 3.8) is 0 Å². The molecule has 0 amide bonds. The van der Waals surface area contributed by atoms with Crippen molar-refractivity contribution in [3.8, 4) is 0 Å². The third-order valence-corrected chi connectivity index (χ3v) is 5.13. The second kappa shape index (κ2) is 6.92. The Morgan fingerprint density at radius 1 is 1.08 bits per heavy atom. The quantitative estimate of drug-likeness (QED) is 0.631. The monoisotopic (exact) mass is 332 g/mol. The Kier molecular flexibility index (Phi) is 4.85. The molecular weight excluding hydrogens is 304 g/mol. The van der Waals surface area contributed by atoms with Crippen molar-refractivity contribution < 1.29 is 4.74 Å². The molecule has 0 saturated heterocycles. The van der Waals surface area contributed by atoms with Crippen LogP contribution in [0.15, 0.2) is 90.3 Å². The molecule has 0 fully saturated rings. The Morgan fingerprint density at radius 2 is 1.84 bits per heavy atom. The van der Waals surface area contributed by atoms with Crippen LogP contribution in [0.25, 0.3) is 0 Å². The average molecular weight is 332 g/mol. The van der Waals surface area contributed by atoms with Crippen molar-refractivity contribution in [2.75, 3.05) is 0 Å². The summed E-state index contributed by atoms with van der Waals surface area (Å²) in [5.41, 5.74) is 2.12. The highest BCUT2D eigenvalue weighted by atomic mass is 16.5. The van der Waals surface area contributed by atoms with Crippen LogP contribution in [0.3, 0.4) is 0 Å². The summed E-state index contributed by atoms with van der Waals surface area (Å²) in [5.74, 6) is 1.56. The highest BCUT2D eigenvalue weighted by Crippen LogP contribution is 2.35. The maximum Gasteiger partial charge on any atom is 0.143 e. The molecule has 2 aliphatic carbocycles. The van der Waals surface area contributed by atoms with E-state index in [0.29, 0.717) is 5.92 Å². The maximum absolute atomic E-state index is 6.28. The molecule has 25 heavy (non-hydrogen) atoms. The Hall–Kier alpha value is -2.28. The number of benzene rings is 1. The van der Waals surface area contributed by atoms with Crippen LogP contribution in [0.2, 0.25) is 0 Å². The van der Waals surface area contributed by atoms with E-state index < -0.39 is 5.60 Å². The van der Waals surface area contributed by atoms with E-state index in [0.717, 1.165) is 12.2 Å². The third kappa shape index (κ3) is 4.04. The van der Waals surface area contributed by atoms with Crippen molar-refractivity contribution in [3.05, 3.63) is 95.8 Å². The minimum atomic E-state index is -0.429. The largest absolute Gasteiger partial charge is 0.480 e. The number of hydrogen-bond donors (Lipinski definition) is 0. The minimum Gasteiger partial charge on any atom is -0.480 e. The van der Waals surface area contributed by atoms with E-state index in [4.69, 9.17) is 4.74 Å². The Labute approximate surface area is 152 Å². The fraction of sp³-hybridized carbons (Fsp3) is 0.333. The van der Waals surface area contributed by atoms with Gasteiger partial charge in [0.05, 0.1) is 0 Å². The smallest absolute Gasteiger partial charge is 0.143 e. The molecule has 2 aliphatic rings. The highest BCUT2D eigenvalue weighted by Gasteiger charge is 2.27. The Bertz CT molecular complexity index is 759. The molecule has 1 aromatic rings. The minimum absolute atomic E-state index is 0.0488. The van der Waals surface area contributed by atoms with Crippen LogP contribution in [-0.2, 0) is 10.2 Å². The molecular formula is C24H28O. The van der Waals surface area contributed by atoms with Gasteiger partial charge in [-0.15, -0.1) is 0 Å². The molecule has 0 bridgehead atoms. The predicted octanol–water partition coefficient (Wildman–Crippen LogP) is 6.27. The summed E-state index contributed by atoms with van der Waals surface area (Å²) in [5, 5.41) is 0. The first-order chi connectivity index (χ1) is 11.9. The molecule has 2 unspecified atom stereocenters. The molecule has 0 aromatic heterocycles. The van der Waals surface area contributed by atoms with Crippen molar-refractivity contribution in [1.82, 2.24) is 0 Å². The van der Waals surface area contributed by atoms with Gasteiger partial charge >= 0.3 is 0 Å². The summed E-state index contributed by atoms with van der Waals surface area (Å²) in [6, 6.07) is 10.7. The zero-order chi connectivity index (χ0) is 17.9. The molecule has 1 nitrogen and oxygen atoms in total. The van der Waals surface area contributed by atoms with Crippen molar-refractivity contribution in [2.45, 2.75) is 45.1 Å². The van der Waals surface area contributed by atoms with E-state index in [2.05, 4.69) is 107 Å². The lowest BCUT2D eigenvalue weighted by molar-refractivity contribution is 0.111. The second-order valence-corrected chi connectivity index (χ2v) is 7.77. The molecule has 1 heteroatoms. The van der Waals surface area contributed by atoms with Crippen LogP contribution in [0.4, 0.5) is 0 Å². The predicted molar refractivity (Wildman–Crippen MR) is 106 cm³/mol. The number of allylic oxidation sites excluding steroid dienone is 7. The van der Waals surface area contributed by atoms with Crippen LogP contribution in [-0.4, -0.2) is 5.60 Å². The molecule has 0 saturated carbocycles. The van der Waals surface area contributed by atoms with Gasteiger partial charge in [-0.3, -0.25) is 0 Å².